The molecule has 68 heavy (non-hydrogen) atoms. The lowest BCUT2D eigenvalue weighted by atomic mass is 9.96. The van der Waals surface area contributed by atoms with Gasteiger partial charge in [-0.15, -0.1) is 0 Å². The van der Waals surface area contributed by atoms with Gasteiger partial charge in [0.15, 0.2) is 5.58 Å². The van der Waals surface area contributed by atoms with Crippen LogP contribution in [0, 0.1) is 0 Å². The monoisotopic (exact) mass is 865 g/mol. The highest BCUT2D eigenvalue weighted by Crippen LogP contribution is 2.48. The van der Waals surface area contributed by atoms with Gasteiger partial charge in [-0.2, -0.15) is 0 Å². The summed E-state index contributed by atoms with van der Waals surface area (Å²) in [6.45, 7) is 0. The minimum absolute atomic E-state index is 0.848. The van der Waals surface area contributed by atoms with E-state index in [0.29, 0.717) is 0 Å². The van der Waals surface area contributed by atoms with Crippen molar-refractivity contribution in [3.8, 4) is 55.6 Å². The second-order valence-electron chi connectivity index (χ2n) is 17.7. The van der Waals surface area contributed by atoms with E-state index in [1.165, 1.54) is 54.7 Å². The standard InChI is InChI=1S/C66H43NO/c1-3-13-44(14-4-1)46-25-27-47(28-26-46)51-20-11-21-59(42-51)67(63-43-57-19-9-10-22-60(57)64-62-24-12-23-61(65(62)68-66(63)64)49-16-5-2-6-17-49)58-37-35-48(36-38-58)52-31-32-55-41-56(34-33-54(55)40-52)53-30-29-45-15-7-8-18-50(45)39-53/h1-43H. The quantitative estimate of drug-likeness (QED) is 0.151. The van der Waals surface area contributed by atoms with Gasteiger partial charge < -0.3 is 9.32 Å². The number of hydrogen-bond donors (Lipinski definition) is 0. The molecule has 0 saturated carbocycles. The van der Waals surface area contributed by atoms with E-state index in [0.717, 1.165) is 72.2 Å². The van der Waals surface area contributed by atoms with Crippen molar-refractivity contribution < 1.29 is 4.42 Å². The summed E-state index contributed by atoms with van der Waals surface area (Å²) in [5.41, 5.74) is 16.5. The molecular formula is C66H43NO. The first-order valence-electron chi connectivity index (χ1n) is 23.3. The highest BCUT2D eigenvalue weighted by molar-refractivity contribution is 6.24. The first kappa shape index (κ1) is 39.4. The predicted molar refractivity (Wildman–Crippen MR) is 288 cm³/mol. The van der Waals surface area contributed by atoms with Crippen LogP contribution in [0.3, 0.4) is 0 Å². The van der Waals surface area contributed by atoms with E-state index < -0.39 is 0 Å². The van der Waals surface area contributed by atoms with Crippen molar-refractivity contribution in [2.45, 2.75) is 0 Å². The van der Waals surface area contributed by atoms with Gasteiger partial charge in [-0.25, -0.2) is 0 Å². The van der Waals surface area contributed by atoms with Gasteiger partial charge >= 0.3 is 0 Å². The highest BCUT2D eigenvalue weighted by atomic mass is 16.3. The molecule has 1 aromatic heterocycles. The molecule has 0 atom stereocenters. The first-order chi connectivity index (χ1) is 33.7. The zero-order chi connectivity index (χ0) is 45.0. The Labute approximate surface area is 395 Å². The van der Waals surface area contributed by atoms with Crippen LogP contribution in [-0.2, 0) is 0 Å². The summed E-state index contributed by atoms with van der Waals surface area (Å²) in [5.74, 6) is 0. The molecule has 0 spiro atoms. The number of furan rings is 1. The molecule has 1 heterocycles. The molecular weight excluding hydrogens is 823 g/mol. The lowest BCUT2D eigenvalue weighted by Crippen LogP contribution is -2.10. The minimum Gasteiger partial charge on any atom is -0.453 e. The summed E-state index contributed by atoms with van der Waals surface area (Å²) in [6.07, 6.45) is 0. The van der Waals surface area contributed by atoms with Gasteiger partial charge in [-0.05, 0) is 131 Å². The van der Waals surface area contributed by atoms with E-state index >= 15 is 0 Å². The van der Waals surface area contributed by atoms with Gasteiger partial charge in [0.25, 0.3) is 0 Å². The van der Waals surface area contributed by atoms with Gasteiger partial charge in [-0.3, -0.25) is 0 Å². The Morgan fingerprint density at radius 3 is 1.40 bits per heavy atom. The van der Waals surface area contributed by atoms with Crippen LogP contribution in [0.4, 0.5) is 17.1 Å². The van der Waals surface area contributed by atoms with E-state index in [4.69, 9.17) is 4.42 Å². The molecule has 2 nitrogen and oxygen atoms in total. The van der Waals surface area contributed by atoms with Crippen LogP contribution in [0.5, 0.6) is 0 Å². The first-order valence-corrected chi connectivity index (χ1v) is 23.3. The molecule has 0 bridgehead atoms. The van der Waals surface area contributed by atoms with Crippen LogP contribution in [0.25, 0.3) is 110 Å². The Bertz CT molecular complexity index is 4000. The number of para-hydroxylation sites is 1. The molecule has 12 aromatic carbocycles. The van der Waals surface area contributed by atoms with Crippen LogP contribution in [0.15, 0.2) is 265 Å². The number of anilines is 3. The smallest absolute Gasteiger partial charge is 0.160 e. The van der Waals surface area contributed by atoms with E-state index in [2.05, 4.69) is 266 Å². The lowest BCUT2D eigenvalue weighted by Gasteiger charge is -2.27. The van der Waals surface area contributed by atoms with Crippen molar-refractivity contribution in [3.05, 3.63) is 261 Å². The molecule has 0 aliphatic rings. The number of fused-ring (bicyclic) bond motifs is 7. The molecule has 0 radical (unpaired) electrons. The molecule has 0 aliphatic heterocycles. The third kappa shape index (κ3) is 6.99. The molecule has 0 N–H and O–H groups in total. The normalized spacial score (nSPS) is 11.5. The van der Waals surface area contributed by atoms with E-state index in [1.807, 2.05) is 0 Å². The summed E-state index contributed by atoms with van der Waals surface area (Å²) in [7, 11) is 0. The van der Waals surface area contributed by atoms with Crippen LogP contribution < -0.4 is 4.90 Å². The average molecular weight is 866 g/mol. The Hall–Kier alpha value is -8.98. The average Bonchev–Trinajstić information content (AvgIpc) is 3.82. The van der Waals surface area contributed by atoms with Crippen LogP contribution in [0.1, 0.15) is 0 Å². The maximum Gasteiger partial charge on any atom is 0.160 e. The molecule has 0 aliphatic carbocycles. The Kier molecular flexibility index (Phi) is 9.54. The van der Waals surface area contributed by atoms with E-state index in [9.17, 15) is 0 Å². The van der Waals surface area contributed by atoms with Gasteiger partial charge in [-0.1, -0.05) is 212 Å². The fraction of sp³-hybridized carbons (Fsp3) is 0. The summed E-state index contributed by atoms with van der Waals surface area (Å²) in [4.78, 5) is 2.37. The summed E-state index contributed by atoms with van der Waals surface area (Å²) in [6, 6.07) is 94.3. The van der Waals surface area contributed by atoms with Crippen molar-refractivity contribution in [3.63, 3.8) is 0 Å². The zero-order valence-electron chi connectivity index (χ0n) is 37.2. The number of benzene rings is 12. The van der Waals surface area contributed by atoms with Gasteiger partial charge in [0.05, 0.1) is 5.69 Å². The molecule has 0 fully saturated rings. The third-order valence-electron chi connectivity index (χ3n) is 13.6. The van der Waals surface area contributed by atoms with Crippen LogP contribution >= 0.6 is 0 Å². The van der Waals surface area contributed by atoms with Crippen molar-refractivity contribution in [2.24, 2.45) is 0 Å². The summed E-state index contributed by atoms with van der Waals surface area (Å²) >= 11 is 0. The molecule has 2 heteroatoms. The maximum absolute atomic E-state index is 7.22. The van der Waals surface area contributed by atoms with Crippen molar-refractivity contribution in [1.29, 1.82) is 0 Å². The predicted octanol–water partition coefficient (Wildman–Crippen LogP) is 18.9. The molecule has 13 rings (SSSR count). The molecule has 0 unspecified atom stereocenters. The largest absolute Gasteiger partial charge is 0.453 e. The second-order valence-corrected chi connectivity index (χ2v) is 17.7. The Morgan fingerprint density at radius 1 is 0.250 bits per heavy atom. The third-order valence-corrected chi connectivity index (χ3v) is 13.6. The number of hydrogen-bond acceptors (Lipinski definition) is 2. The van der Waals surface area contributed by atoms with Crippen molar-refractivity contribution in [1.82, 2.24) is 0 Å². The molecule has 0 saturated heterocycles. The van der Waals surface area contributed by atoms with Gasteiger partial charge in [0.2, 0.25) is 0 Å². The number of nitrogens with zero attached hydrogens (tertiary/aromatic N) is 1. The van der Waals surface area contributed by atoms with Crippen molar-refractivity contribution >= 4 is 71.3 Å². The van der Waals surface area contributed by atoms with Gasteiger partial charge in [0.1, 0.15) is 5.58 Å². The fourth-order valence-electron chi connectivity index (χ4n) is 10.2. The number of rotatable bonds is 8. The van der Waals surface area contributed by atoms with E-state index in [-0.39, 0.29) is 0 Å². The fourth-order valence-corrected chi connectivity index (χ4v) is 10.2. The lowest BCUT2D eigenvalue weighted by molar-refractivity contribution is 0.670. The molecule has 318 valence electrons. The maximum atomic E-state index is 7.22. The molecule has 13 aromatic rings. The highest BCUT2D eigenvalue weighted by Gasteiger charge is 2.24. The summed E-state index contributed by atoms with van der Waals surface area (Å²) in [5, 5.41) is 9.47. The van der Waals surface area contributed by atoms with Crippen LogP contribution in [-0.4, -0.2) is 0 Å². The van der Waals surface area contributed by atoms with E-state index in [1.54, 1.807) is 0 Å². The summed E-state index contributed by atoms with van der Waals surface area (Å²) < 4.78 is 7.22. The minimum atomic E-state index is 0.848. The second kappa shape index (κ2) is 16.5. The Balaban J connectivity index is 0.942. The zero-order valence-corrected chi connectivity index (χ0v) is 37.2. The van der Waals surface area contributed by atoms with Crippen molar-refractivity contribution in [2.75, 3.05) is 4.90 Å². The topological polar surface area (TPSA) is 16.4 Å². The van der Waals surface area contributed by atoms with Crippen LogP contribution in [0.2, 0.25) is 0 Å². The SMILES string of the molecule is c1ccc(-c2ccc(-c3cccc(N(c4ccc(-c5ccc6cc(-c7ccc8ccccc8c7)ccc6c5)cc4)c4cc5ccccc5c5c4oc4c(-c6ccccc6)cccc45)c3)cc2)cc1. The molecule has 0 amide bonds. The Morgan fingerprint density at radius 2 is 0.706 bits per heavy atom. The van der Waals surface area contributed by atoms with Gasteiger partial charge in [0, 0.05) is 27.7 Å².